The van der Waals surface area contributed by atoms with Gasteiger partial charge in [0.1, 0.15) is 6.07 Å². The van der Waals surface area contributed by atoms with Gasteiger partial charge in [0, 0.05) is 31.9 Å². The van der Waals surface area contributed by atoms with Crippen LogP contribution in [0.25, 0.3) is 0 Å². The van der Waals surface area contributed by atoms with Crippen molar-refractivity contribution >= 4 is 23.4 Å². The number of benzene rings is 1. The highest BCUT2D eigenvalue weighted by molar-refractivity contribution is 6.32. The molecule has 1 spiro atoms. The molecule has 0 radical (unpaired) electrons. The minimum atomic E-state index is -0.816. The Labute approximate surface area is 134 Å². The summed E-state index contributed by atoms with van der Waals surface area (Å²) >= 11 is 6.12. The van der Waals surface area contributed by atoms with Gasteiger partial charge in [-0.25, -0.2) is 4.79 Å². The summed E-state index contributed by atoms with van der Waals surface area (Å²) < 4.78 is 0. The first-order valence-corrected chi connectivity index (χ1v) is 7.83. The number of hydrogen-bond donors (Lipinski definition) is 1. The molecule has 1 aromatic carbocycles. The molecule has 2 aliphatic heterocycles. The van der Waals surface area contributed by atoms with Crippen LogP contribution in [-0.2, 0) is 0 Å². The molecule has 22 heavy (non-hydrogen) atoms. The van der Waals surface area contributed by atoms with Crippen LogP contribution in [0.3, 0.4) is 0 Å². The third-order valence-corrected chi connectivity index (χ3v) is 5.28. The van der Waals surface area contributed by atoms with Crippen LogP contribution in [0, 0.1) is 16.7 Å². The minimum Gasteiger partial charge on any atom is -0.465 e. The van der Waals surface area contributed by atoms with E-state index in [-0.39, 0.29) is 5.41 Å². The SMILES string of the molecule is N#Cc1ccc(N2CCC3(CCN(C(=O)O)CC3)C2)cc1Cl. The Kier molecular flexibility index (Phi) is 3.88. The highest BCUT2D eigenvalue weighted by atomic mass is 35.5. The fourth-order valence-corrected chi connectivity index (χ4v) is 3.74. The molecule has 0 atom stereocenters. The predicted octanol–water partition coefficient (Wildman–Crippen LogP) is 3.18. The number of anilines is 1. The second-order valence-electron chi connectivity index (χ2n) is 6.22. The van der Waals surface area contributed by atoms with E-state index < -0.39 is 6.09 Å². The van der Waals surface area contributed by atoms with Crippen molar-refractivity contribution in [2.24, 2.45) is 5.41 Å². The zero-order valence-electron chi connectivity index (χ0n) is 12.3. The van der Waals surface area contributed by atoms with Gasteiger partial charge in [-0.1, -0.05) is 11.6 Å². The maximum Gasteiger partial charge on any atom is 0.407 e. The number of nitrogens with zero attached hydrogens (tertiary/aromatic N) is 3. The molecule has 2 heterocycles. The van der Waals surface area contributed by atoms with Gasteiger partial charge in [-0.3, -0.25) is 0 Å². The van der Waals surface area contributed by atoms with Crippen LogP contribution in [0.2, 0.25) is 5.02 Å². The molecule has 2 aliphatic rings. The first kappa shape index (κ1) is 15.0. The van der Waals surface area contributed by atoms with E-state index in [4.69, 9.17) is 22.0 Å². The maximum absolute atomic E-state index is 11.0. The van der Waals surface area contributed by atoms with E-state index in [1.807, 2.05) is 12.1 Å². The smallest absolute Gasteiger partial charge is 0.407 e. The molecule has 1 aromatic rings. The fraction of sp³-hybridized carbons (Fsp3) is 0.500. The highest BCUT2D eigenvalue weighted by Crippen LogP contribution is 2.42. The van der Waals surface area contributed by atoms with E-state index in [9.17, 15) is 4.79 Å². The summed E-state index contributed by atoms with van der Waals surface area (Å²) in [6.07, 6.45) is 2.10. The van der Waals surface area contributed by atoms with Gasteiger partial charge in [-0.15, -0.1) is 0 Å². The van der Waals surface area contributed by atoms with Crippen molar-refractivity contribution < 1.29 is 9.90 Å². The van der Waals surface area contributed by atoms with Crippen LogP contribution in [0.4, 0.5) is 10.5 Å². The van der Waals surface area contributed by atoms with Crippen molar-refractivity contribution in [1.29, 1.82) is 5.26 Å². The van der Waals surface area contributed by atoms with E-state index in [0.717, 1.165) is 38.0 Å². The standard InChI is InChI=1S/C16H18ClN3O2/c17-14-9-13(2-1-12(14)10-18)20-8-5-16(11-20)3-6-19(7-4-16)15(21)22/h1-2,9H,3-8,11H2,(H,21,22). The van der Waals surface area contributed by atoms with Gasteiger partial charge in [0.2, 0.25) is 0 Å². The van der Waals surface area contributed by atoms with Crippen LogP contribution in [0.5, 0.6) is 0 Å². The molecule has 2 fully saturated rings. The molecular formula is C16H18ClN3O2. The topological polar surface area (TPSA) is 67.6 Å². The van der Waals surface area contributed by atoms with Crippen molar-refractivity contribution in [2.75, 3.05) is 31.1 Å². The molecule has 2 saturated heterocycles. The summed E-state index contributed by atoms with van der Waals surface area (Å²) in [7, 11) is 0. The largest absolute Gasteiger partial charge is 0.465 e. The Morgan fingerprint density at radius 1 is 1.27 bits per heavy atom. The highest BCUT2D eigenvalue weighted by Gasteiger charge is 2.41. The minimum absolute atomic E-state index is 0.215. The second kappa shape index (κ2) is 5.69. The maximum atomic E-state index is 11.0. The summed E-state index contributed by atoms with van der Waals surface area (Å²) in [5, 5.41) is 18.5. The van der Waals surface area contributed by atoms with Crippen molar-refractivity contribution in [3.8, 4) is 6.07 Å². The van der Waals surface area contributed by atoms with Crippen LogP contribution < -0.4 is 4.90 Å². The normalized spacial score (nSPS) is 20.2. The molecule has 6 heteroatoms. The lowest BCUT2D eigenvalue weighted by Gasteiger charge is -2.38. The van der Waals surface area contributed by atoms with Crippen molar-refractivity contribution in [1.82, 2.24) is 4.90 Å². The summed E-state index contributed by atoms with van der Waals surface area (Å²) in [5.41, 5.74) is 1.75. The van der Waals surface area contributed by atoms with E-state index in [1.54, 1.807) is 6.07 Å². The van der Waals surface area contributed by atoms with Gasteiger partial charge in [-0.2, -0.15) is 5.26 Å². The monoisotopic (exact) mass is 319 g/mol. The summed E-state index contributed by atoms with van der Waals surface area (Å²) in [6, 6.07) is 7.63. The molecule has 0 aliphatic carbocycles. The van der Waals surface area contributed by atoms with Gasteiger partial charge in [0.05, 0.1) is 10.6 Å². The number of amides is 1. The van der Waals surface area contributed by atoms with E-state index in [2.05, 4.69) is 11.0 Å². The molecule has 1 amide bonds. The quantitative estimate of drug-likeness (QED) is 0.863. The molecule has 0 unspecified atom stereocenters. The van der Waals surface area contributed by atoms with Crippen LogP contribution >= 0.6 is 11.6 Å². The Morgan fingerprint density at radius 2 is 1.95 bits per heavy atom. The summed E-state index contributed by atoms with van der Waals surface area (Å²) in [6.45, 7) is 3.13. The molecule has 3 rings (SSSR count). The van der Waals surface area contributed by atoms with Gasteiger partial charge in [0.25, 0.3) is 0 Å². The molecule has 5 nitrogen and oxygen atoms in total. The average molecular weight is 320 g/mol. The van der Waals surface area contributed by atoms with Gasteiger partial charge >= 0.3 is 6.09 Å². The fourth-order valence-electron chi connectivity index (χ4n) is 3.53. The lowest BCUT2D eigenvalue weighted by atomic mass is 9.78. The predicted molar refractivity (Wildman–Crippen MR) is 84.3 cm³/mol. The third kappa shape index (κ3) is 2.71. The number of nitriles is 1. The Bertz CT molecular complexity index is 633. The van der Waals surface area contributed by atoms with Crippen LogP contribution in [0.15, 0.2) is 18.2 Å². The molecule has 1 N–H and O–H groups in total. The average Bonchev–Trinajstić information content (AvgIpc) is 2.91. The van der Waals surface area contributed by atoms with E-state index in [1.165, 1.54) is 4.90 Å². The Hall–Kier alpha value is -1.93. The van der Waals surface area contributed by atoms with Crippen LogP contribution in [0.1, 0.15) is 24.8 Å². The lowest BCUT2D eigenvalue weighted by molar-refractivity contribution is 0.0986. The number of halogens is 1. The zero-order chi connectivity index (χ0) is 15.7. The first-order chi connectivity index (χ1) is 10.5. The molecular weight excluding hydrogens is 302 g/mol. The van der Waals surface area contributed by atoms with Gasteiger partial charge < -0.3 is 14.9 Å². The van der Waals surface area contributed by atoms with Gasteiger partial charge in [0.15, 0.2) is 0 Å². The van der Waals surface area contributed by atoms with Crippen molar-refractivity contribution in [3.05, 3.63) is 28.8 Å². The molecule has 0 aromatic heterocycles. The zero-order valence-corrected chi connectivity index (χ0v) is 13.0. The Morgan fingerprint density at radius 3 is 2.55 bits per heavy atom. The van der Waals surface area contributed by atoms with Crippen molar-refractivity contribution in [2.45, 2.75) is 19.3 Å². The summed E-state index contributed by atoms with van der Waals surface area (Å²) in [5.74, 6) is 0. The second-order valence-corrected chi connectivity index (χ2v) is 6.62. The van der Waals surface area contributed by atoms with Crippen LogP contribution in [-0.4, -0.2) is 42.3 Å². The number of hydrogen-bond acceptors (Lipinski definition) is 3. The Balaban J connectivity index is 1.69. The lowest BCUT2D eigenvalue weighted by Crippen LogP contribution is -2.43. The van der Waals surface area contributed by atoms with E-state index >= 15 is 0 Å². The molecule has 116 valence electrons. The number of piperidine rings is 1. The summed E-state index contributed by atoms with van der Waals surface area (Å²) in [4.78, 5) is 14.8. The number of carboxylic acid groups (broad SMARTS) is 1. The number of likely N-dealkylation sites (tertiary alicyclic amines) is 1. The molecule has 0 saturated carbocycles. The van der Waals surface area contributed by atoms with Gasteiger partial charge in [-0.05, 0) is 42.9 Å². The number of carbonyl (C=O) groups is 1. The third-order valence-electron chi connectivity index (χ3n) is 4.97. The number of rotatable bonds is 1. The van der Waals surface area contributed by atoms with E-state index in [0.29, 0.717) is 23.7 Å². The van der Waals surface area contributed by atoms with Crippen molar-refractivity contribution in [3.63, 3.8) is 0 Å². The first-order valence-electron chi connectivity index (χ1n) is 7.45. The molecule has 0 bridgehead atoms.